The number of carbonyl (C=O) groups excluding carboxylic acids is 3. The van der Waals surface area contributed by atoms with E-state index in [0.717, 1.165) is 11.3 Å². The first-order valence-corrected chi connectivity index (χ1v) is 10.8. The van der Waals surface area contributed by atoms with Crippen LogP contribution in [0.4, 0.5) is 10.7 Å². The lowest BCUT2D eigenvalue weighted by molar-refractivity contribution is 0.0527. The van der Waals surface area contributed by atoms with Gasteiger partial charge in [-0.2, -0.15) is 0 Å². The van der Waals surface area contributed by atoms with Gasteiger partial charge in [-0.05, 0) is 61.9 Å². The Labute approximate surface area is 193 Å². The van der Waals surface area contributed by atoms with Crippen molar-refractivity contribution in [2.75, 3.05) is 17.2 Å². The van der Waals surface area contributed by atoms with Crippen molar-refractivity contribution in [1.29, 1.82) is 0 Å². The van der Waals surface area contributed by atoms with Crippen LogP contribution in [0.15, 0.2) is 48.5 Å². The number of benzene rings is 2. The van der Waals surface area contributed by atoms with Crippen LogP contribution in [0.2, 0.25) is 10.0 Å². The number of nitrogens with one attached hydrogen (secondary N) is 2. The van der Waals surface area contributed by atoms with Crippen LogP contribution < -0.4 is 10.6 Å². The molecule has 160 valence electrons. The molecular formula is C22H18Cl2N2O4S. The van der Waals surface area contributed by atoms with Crippen LogP contribution in [0.5, 0.6) is 0 Å². The van der Waals surface area contributed by atoms with Crippen molar-refractivity contribution in [3.05, 3.63) is 80.1 Å². The highest BCUT2D eigenvalue weighted by molar-refractivity contribution is 7.19. The van der Waals surface area contributed by atoms with Crippen LogP contribution >= 0.6 is 34.5 Å². The van der Waals surface area contributed by atoms with Gasteiger partial charge in [0.2, 0.25) is 0 Å². The SMILES string of the molecule is CCOC(=O)c1c(NC(=O)c2ccc(Cl)cc2)sc(C(=O)Nc2cccc(Cl)c2)c1C. The van der Waals surface area contributed by atoms with Gasteiger partial charge in [-0.3, -0.25) is 9.59 Å². The first-order valence-electron chi connectivity index (χ1n) is 9.24. The van der Waals surface area contributed by atoms with Crippen LogP contribution in [-0.2, 0) is 4.74 Å². The Hall–Kier alpha value is -2.87. The van der Waals surface area contributed by atoms with Crippen LogP contribution in [0, 0.1) is 6.92 Å². The number of anilines is 2. The Morgan fingerprint density at radius 1 is 0.968 bits per heavy atom. The molecule has 2 aromatic carbocycles. The normalized spacial score (nSPS) is 10.5. The van der Waals surface area contributed by atoms with E-state index in [1.807, 2.05) is 0 Å². The second-order valence-corrected chi connectivity index (χ2v) is 8.30. The number of hydrogen-bond donors (Lipinski definition) is 2. The Kier molecular flexibility index (Phi) is 7.33. The maximum absolute atomic E-state index is 12.9. The number of halogens is 2. The van der Waals surface area contributed by atoms with Crippen molar-refractivity contribution in [3.8, 4) is 0 Å². The largest absolute Gasteiger partial charge is 0.462 e. The number of esters is 1. The molecule has 0 bridgehead atoms. The third kappa shape index (κ3) is 5.44. The lowest BCUT2D eigenvalue weighted by Gasteiger charge is -2.07. The monoisotopic (exact) mass is 476 g/mol. The van der Waals surface area contributed by atoms with E-state index in [4.69, 9.17) is 27.9 Å². The number of ether oxygens (including phenoxy) is 1. The molecule has 0 unspecified atom stereocenters. The van der Waals surface area contributed by atoms with Crippen molar-refractivity contribution in [3.63, 3.8) is 0 Å². The fraction of sp³-hybridized carbons (Fsp3) is 0.136. The van der Waals surface area contributed by atoms with E-state index in [2.05, 4.69) is 10.6 Å². The maximum Gasteiger partial charge on any atom is 0.341 e. The molecule has 0 aliphatic carbocycles. The van der Waals surface area contributed by atoms with E-state index in [0.29, 0.717) is 26.9 Å². The first-order chi connectivity index (χ1) is 14.8. The van der Waals surface area contributed by atoms with Gasteiger partial charge in [-0.15, -0.1) is 11.3 Å². The second-order valence-electron chi connectivity index (χ2n) is 6.41. The number of rotatable bonds is 6. The molecule has 0 atom stereocenters. The highest BCUT2D eigenvalue weighted by Gasteiger charge is 2.27. The van der Waals surface area contributed by atoms with E-state index >= 15 is 0 Å². The predicted octanol–water partition coefficient (Wildman–Crippen LogP) is 6.04. The summed E-state index contributed by atoms with van der Waals surface area (Å²) in [5.74, 6) is -1.49. The van der Waals surface area contributed by atoms with Crippen LogP contribution in [0.1, 0.15) is 42.9 Å². The van der Waals surface area contributed by atoms with Gasteiger partial charge < -0.3 is 15.4 Å². The van der Waals surface area contributed by atoms with E-state index in [1.165, 1.54) is 0 Å². The molecule has 2 amide bonds. The minimum absolute atomic E-state index is 0.144. The van der Waals surface area contributed by atoms with Gasteiger partial charge in [0, 0.05) is 21.3 Å². The minimum atomic E-state index is -0.621. The lowest BCUT2D eigenvalue weighted by atomic mass is 10.1. The van der Waals surface area contributed by atoms with Gasteiger partial charge in [0.15, 0.2) is 0 Å². The average Bonchev–Trinajstić information content (AvgIpc) is 3.04. The molecule has 0 spiro atoms. The molecule has 0 aliphatic rings. The molecule has 31 heavy (non-hydrogen) atoms. The summed E-state index contributed by atoms with van der Waals surface area (Å²) in [4.78, 5) is 38.4. The molecule has 9 heteroatoms. The molecule has 1 aromatic heterocycles. The summed E-state index contributed by atoms with van der Waals surface area (Å²) < 4.78 is 5.13. The molecule has 0 fully saturated rings. The lowest BCUT2D eigenvalue weighted by Crippen LogP contribution is -2.15. The highest BCUT2D eigenvalue weighted by Crippen LogP contribution is 2.35. The summed E-state index contributed by atoms with van der Waals surface area (Å²) in [5.41, 5.74) is 1.42. The molecule has 3 rings (SSSR count). The van der Waals surface area contributed by atoms with Gasteiger partial charge in [-0.1, -0.05) is 29.3 Å². The van der Waals surface area contributed by atoms with Crippen molar-refractivity contribution in [2.24, 2.45) is 0 Å². The Balaban J connectivity index is 1.94. The number of hydrogen-bond acceptors (Lipinski definition) is 5. The Morgan fingerprint density at radius 2 is 1.68 bits per heavy atom. The highest BCUT2D eigenvalue weighted by atomic mass is 35.5. The van der Waals surface area contributed by atoms with E-state index in [-0.39, 0.29) is 22.0 Å². The first kappa shape index (κ1) is 22.8. The molecule has 2 N–H and O–H groups in total. The third-order valence-corrected chi connectivity index (χ3v) is 5.94. The molecule has 0 saturated carbocycles. The van der Waals surface area contributed by atoms with Gasteiger partial charge in [0.25, 0.3) is 11.8 Å². The van der Waals surface area contributed by atoms with Gasteiger partial charge in [-0.25, -0.2) is 4.79 Å². The zero-order valence-corrected chi connectivity index (χ0v) is 19.0. The molecule has 6 nitrogen and oxygen atoms in total. The molecular weight excluding hydrogens is 459 g/mol. The van der Waals surface area contributed by atoms with E-state index < -0.39 is 17.8 Å². The zero-order valence-electron chi connectivity index (χ0n) is 16.6. The summed E-state index contributed by atoms with van der Waals surface area (Å²) in [6, 6.07) is 13.0. The van der Waals surface area contributed by atoms with Crippen LogP contribution in [-0.4, -0.2) is 24.4 Å². The van der Waals surface area contributed by atoms with E-state index in [9.17, 15) is 14.4 Å². The molecule has 3 aromatic rings. The second kappa shape index (κ2) is 9.96. The van der Waals surface area contributed by atoms with Crippen molar-refractivity contribution >= 4 is 63.0 Å². The molecule has 0 radical (unpaired) electrons. The van der Waals surface area contributed by atoms with E-state index in [1.54, 1.807) is 62.4 Å². The fourth-order valence-corrected chi connectivity index (χ4v) is 4.20. The Morgan fingerprint density at radius 3 is 2.32 bits per heavy atom. The number of carbonyl (C=O) groups is 3. The molecule has 0 saturated heterocycles. The fourth-order valence-electron chi connectivity index (χ4n) is 2.80. The quantitative estimate of drug-likeness (QED) is 0.424. The van der Waals surface area contributed by atoms with Crippen molar-refractivity contribution in [1.82, 2.24) is 0 Å². The molecule has 1 heterocycles. The summed E-state index contributed by atoms with van der Waals surface area (Å²) >= 11 is 12.8. The van der Waals surface area contributed by atoms with Crippen molar-refractivity contribution < 1.29 is 19.1 Å². The van der Waals surface area contributed by atoms with Gasteiger partial charge >= 0.3 is 5.97 Å². The summed E-state index contributed by atoms with van der Waals surface area (Å²) in [6.45, 7) is 3.47. The van der Waals surface area contributed by atoms with Gasteiger partial charge in [0.05, 0.1) is 17.0 Å². The number of amides is 2. The smallest absolute Gasteiger partial charge is 0.341 e. The average molecular weight is 477 g/mol. The van der Waals surface area contributed by atoms with Gasteiger partial charge in [0.1, 0.15) is 5.00 Å². The summed E-state index contributed by atoms with van der Waals surface area (Å²) in [7, 11) is 0. The van der Waals surface area contributed by atoms with Crippen LogP contribution in [0.3, 0.4) is 0 Å². The number of thiophene rings is 1. The predicted molar refractivity (Wildman–Crippen MR) is 124 cm³/mol. The standard InChI is InChI=1S/C22H18Cl2N2O4S/c1-3-30-22(29)17-12(2)18(20(28)25-16-6-4-5-15(24)11-16)31-21(17)26-19(27)13-7-9-14(23)10-8-13/h4-11H,3H2,1-2H3,(H,25,28)(H,26,27). The Bertz CT molecular complexity index is 1140. The summed E-state index contributed by atoms with van der Waals surface area (Å²) in [6.07, 6.45) is 0. The topological polar surface area (TPSA) is 84.5 Å². The zero-order chi connectivity index (χ0) is 22.5. The van der Waals surface area contributed by atoms with Crippen molar-refractivity contribution in [2.45, 2.75) is 13.8 Å². The maximum atomic E-state index is 12.9. The minimum Gasteiger partial charge on any atom is -0.462 e. The third-order valence-electron chi connectivity index (χ3n) is 4.25. The molecule has 0 aliphatic heterocycles. The van der Waals surface area contributed by atoms with Crippen LogP contribution in [0.25, 0.3) is 0 Å². The summed E-state index contributed by atoms with van der Waals surface area (Å²) in [5, 5.41) is 6.66.